The van der Waals surface area contributed by atoms with E-state index in [1.165, 1.54) is 5.56 Å². The number of hydrogen-bond acceptors (Lipinski definition) is 4. The van der Waals surface area contributed by atoms with Crippen molar-refractivity contribution in [1.82, 2.24) is 5.32 Å². The molecule has 0 aliphatic heterocycles. The van der Waals surface area contributed by atoms with E-state index in [9.17, 15) is 14.4 Å². The Morgan fingerprint density at radius 3 is 2.20 bits per heavy atom. The predicted octanol–water partition coefficient (Wildman–Crippen LogP) is 4.14. The highest BCUT2D eigenvalue weighted by Crippen LogP contribution is 2.10. The molecule has 2 aromatic rings. The van der Waals surface area contributed by atoms with Crippen molar-refractivity contribution >= 4 is 17.7 Å². The maximum absolute atomic E-state index is 12.5. The minimum absolute atomic E-state index is 0.162. The minimum Gasteiger partial charge on any atom is -0.456 e. The molecule has 0 aliphatic rings. The van der Waals surface area contributed by atoms with Gasteiger partial charge in [-0.15, -0.1) is 0 Å². The average Bonchev–Trinajstić information content (AvgIpc) is 2.75. The molecule has 0 heterocycles. The second-order valence-electron chi connectivity index (χ2n) is 7.78. The van der Waals surface area contributed by atoms with E-state index in [-0.39, 0.29) is 30.6 Å². The predicted molar refractivity (Wildman–Crippen MR) is 117 cm³/mol. The van der Waals surface area contributed by atoms with Crippen molar-refractivity contribution < 1.29 is 19.1 Å². The largest absolute Gasteiger partial charge is 0.456 e. The Kier molecular flexibility index (Phi) is 9.26. The molecule has 2 aromatic carbocycles. The molecule has 1 N–H and O–H groups in total. The van der Waals surface area contributed by atoms with Crippen LogP contribution in [0.1, 0.15) is 55.1 Å². The molecule has 30 heavy (non-hydrogen) atoms. The fourth-order valence-corrected chi connectivity index (χ4v) is 3.05. The summed E-state index contributed by atoms with van der Waals surface area (Å²) >= 11 is 0. The summed E-state index contributed by atoms with van der Waals surface area (Å²) in [5, 5.41) is 2.73. The van der Waals surface area contributed by atoms with Crippen LogP contribution < -0.4 is 5.32 Å². The SMILES string of the molecule is CCCCc1ccc(C(=O)COC(=O)[C@@H](NC(=O)Cc2ccccc2)C(C)C)cc1. The Balaban J connectivity index is 1.88. The number of unbranched alkanes of at least 4 members (excludes halogenated alkanes) is 1. The van der Waals surface area contributed by atoms with Crippen LogP contribution in [0.15, 0.2) is 54.6 Å². The fourth-order valence-electron chi connectivity index (χ4n) is 3.05. The van der Waals surface area contributed by atoms with Crippen LogP contribution in [0.4, 0.5) is 0 Å². The summed E-state index contributed by atoms with van der Waals surface area (Å²) in [6.45, 7) is 5.45. The maximum atomic E-state index is 12.5. The summed E-state index contributed by atoms with van der Waals surface area (Å²) in [7, 11) is 0. The van der Waals surface area contributed by atoms with E-state index in [1.807, 2.05) is 56.3 Å². The number of carbonyl (C=O) groups excluding carboxylic acids is 3. The lowest BCUT2D eigenvalue weighted by Gasteiger charge is -2.20. The van der Waals surface area contributed by atoms with E-state index in [0.29, 0.717) is 5.56 Å². The van der Waals surface area contributed by atoms with E-state index in [0.717, 1.165) is 24.8 Å². The fraction of sp³-hybridized carbons (Fsp3) is 0.400. The molecule has 1 amide bonds. The number of nitrogens with one attached hydrogen (secondary N) is 1. The van der Waals surface area contributed by atoms with Crippen LogP contribution in [0.5, 0.6) is 0 Å². The highest BCUT2D eigenvalue weighted by Gasteiger charge is 2.26. The molecule has 5 nitrogen and oxygen atoms in total. The average molecular weight is 410 g/mol. The van der Waals surface area contributed by atoms with Crippen molar-refractivity contribution in [3.63, 3.8) is 0 Å². The Morgan fingerprint density at radius 1 is 0.933 bits per heavy atom. The number of aryl methyl sites for hydroxylation is 1. The third kappa shape index (κ3) is 7.47. The first kappa shape index (κ1) is 23.3. The summed E-state index contributed by atoms with van der Waals surface area (Å²) < 4.78 is 5.22. The molecule has 0 saturated heterocycles. The molecule has 0 unspecified atom stereocenters. The van der Waals surface area contributed by atoms with Crippen LogP contribution >= 0.6 is 0 Å². The molecule has 0 fully saturated rings. The Hall–Kier alpha value is -2.95. The summed E-state index contributed by atoms with van der Waals surface area (Å²) in [5.74, 6) is -1.28. The highest BCUT2D eigenvalue weighted by atomic mass is 16.5. The first-order chi connectivity index (χ1) is 14.4. The van der Waals surface area contributed by atoms with Crippen LogP contribution in [0.2, 0.25) is 0 Å². The van der Waals surface area contributed by atoms with Crippen molar-refractivity contribution in [3.05, 3.63) is 71.3 Å². The lowest BCUT2D eigenvalue weighted by Crippen LogP contribution is -2.46. The van der Waals surface area contributed by atoms with Gasteiger partial charge < -0.3 is 10.1 Å². The van der Waals surface area contributed by atoms with Crippen molar-refractivity contribution in [1.29, 1.82) is 0 Å². The third-order valence-corrected chi connectivity index (χ3v) is 4.89. The van der Waals surface area contributed by atoms with Crippen LogP contribution in [0.3, 0.4) is 0 Å². The van der Waals surface area contributed by atoms with Crippen LogP contribution in [-0.4, -0.2) is 30.3 Å². The zero-order valence-electron chi connectivity index (χ0n) is 18.0. The molecule has 0 radical (unpaired) electrons. The van der Waals surface area contributed by atoms with Gasteiger partial charge in [0.05, 0.1) is 6.42 Å². The molecule has 1 atom stereocenters. The molecular formula is C25H31NO4. The normalized spacial score (nSPS) is 11.7. The van der Waals surface area contributed by atoms with Crippen molar-refractivity contribution in [2.75, 3.05) is 6.61 Å². The van der Waals surface area contributed by atoms with Gasteiger partial charge in [-0.1, -0.05) is 81.8 Å². The van der Waals surface area contributed by atoms with Crippen molar-refractivity contribution in [3.8, 4) is 0 Å². The van der Waals surface area contributed by atoms with Gasteiger partial charge in [-0.2, -0.15) is 0 Å². The number of rotatable bonds is 11. The summed E-state index contributed by atoms with van der Waals surface area (Å²) in [5.41, 5.74) is 2.56. The molecule has 5 heteroatoms. The molecule has 0 aliphatic carbocycles. The number of carbonyl (C=O) groups is 3. The lowest BCUT2D eigenvalue weighted by atomic mass is 10.0. The molecule has 2 rings (SSSR count). The first-order valence-electron chi connectivity index (χ1n) is 10.5. The number of benzene rings is 2. The van der Waals surface area contributed by atoms with Gasteiger partial charge in [0.1, 0.15) is 6.04 Å². The topological polar surface area (TPSA) is 72.5 Å². The van der Waals surface area contributed by atoms with Gasteiger partial charge in [-0.25, -0.2) is 4.79 Å². The number of esters is 1. The van der Waals surface area contributed by atoms with Crippen LogP contribution in [0.25, 0.3) is 0 Å². The molecule has 0 bridgehead atoms. The van der Waals surface area contributed by atoms with Crippen molar-refractivity contribution in [2.45, 2.75) is 52.5 Å². The number of amides is 1. The van der Waals surface area contributed by atoms with Gasteiger partial charge in [-0.3, -0.25) is 9.59 Å². The Bertz CT molecular complexity index is 828. The summed E-state index contributed by atoms with van der Waals surface area (Å²) in [6.07, 6.45) is 3.40. The molecule has 0 aromatic heterocycles. The molecule has 160 valence electrons. The lowest BCUT2D eigenvalue weighted by molar-refractivity contribution is -0.148. The second-order valence-corrected chi connectivity index (χ2v) is 7.78. The molecule has 0 spiro atoms. The first-order valence-corrected chi connectivity index (χ1v) is 10.5. The third-order valence-electron chi connectivity index (χ3n) is 4.89. The summed E-state index contributed by atoms with van der Waals surface area (Å²) in [6, 6.07) is 15.9. The highest BCUT2D eigenvalue weighted by molar-refractivity contribution is 5.98. The number of ether oxygens (including phenoxy) is 1. The number of hydrogen-bond donors (Lipinski definition) is 1. The number of Topliss-reactive ketones (excluding diaryl/α,β-unsaturated/α-hetero) is 1. The van der Waals surface area contributed by atoms with Gasteiger partial charge in [0.15, 0.2) is 12.4 Å². The van der Waals surface area contributed by atoms with Crippen LogP contribution in [-0.2, 0) is 27.2 Å². The maximum Gasteiger partial charge on any atom is 0.329 e. The van der Waals surface area contributed by atoms with Gasteiger partial charge in [-0.05, 0) is 29.9 Å². The Labute approximate surface area is 178 Å². The van der Waals surface area contributed by atoms with E-state index in [1.54, 1.807) is 12.1 Å². The minimum atomic E-state index is -0.801. The molecule has 0 saturated carbocycles. The smallest absolute Gasteiger partial charge is 0.329 e. The zero-order valence-corrected chi connectivity index (χ0v) is 18.0. The van der Waals surface area contributed by atoms with E-state index in [4.69, 9.17) is 4.74 Å². The second kappa shape index (κ2) is 11.9. The van der Waals surface area contributed by atoms with Crippen LogP contribution in [0, 0.1) is 5.92 Å². The van der Waals surface area contributed by atoms with Gasteiger partial charge in [0.25, 0.3) is 0 Å². The van der Waals surface area contributed by atoms with E-state index >= 15 is 0 Å². The monoisotopic (exact) mass is 409 g/mol. The summed E-state index contributed by atoms with van der Waals surface area (Å²) in [4.78, 5) is 37.2. The van der Waals surface area contributed by atoms with E-state index < -0.39 is 12.0 Å². The standard InChI is InChI=1S/C25H31NO4/c1-4-5-9-19-12-14-21(15-13-19)22(27)17-30-25(29)24(18(2)3)26-23(28)16-20-10-7-6-8-11-20/h6-8,10-15,18,24H,4-5,9,16-17H2,1-3H3,(H,26,28)/t24-/m0/s1. The quantitative estimate of drug-likeness (QED) is 0.447. The van der Waals surface area contributed by atoms with Gasteiger partial charge >= 0.3 is 5.97 Å². The number of ketones is 1. The van der Waals surface area contributed by atoms with Gasteiger partial charge in [0.2, 0.25) is 5.91 Å². The molecular weight excluding hydrogens is 378 g/mol. The zero-order chi connectivity index (χ0) is 21.9. The van der Waals surface area contributed by atoms with Gasteiger partial charge in [0, 0.05) is 5.56 Å². The van der Waals surface area contributed by atoms with E-state index in [2.05, 4.69) is 12.2 Å². The Morgan fingerprint density at radius 2 is 1.60 bits per heavy atom. The van der Waals surface area contributed by atoms with Crippen molar-refractivity contribution in [2.24, 2.45) is 5.92 Å².